The van der Waals surface area contributed by atoms with Crippen LogP contribution in [0.15, 0.2) is 0 Å². The highest BCUT2D eigenvalue weighted by atomic mass is 16.5. The van der Waals surface area contributed by atoms with Crippen LogP contribution in [-0.2, 0) is 9.47 Å². The number of aliphatic hydroxyl groups is 2. The summed E-state index contributed by atoms with van der Waals surface area (Å²) in [6, 6.07) is 0. The summed E-state index contributed by atoms with van der Waals surface area (Å²) in [7, 11) is 0. The molecule has 2 N–H and O–H groups in total. The van der Waals surface area contributed by atoms with Gasteiger partial charge in [0.1, 0.15) is 0 Å². The van der Waals surface area contributed by atoms with E-state index < -0.39 is 6.10 Å². The SMILES string of the molecule is CCOCC(O)CN1CCOC(CO)C1. The van der Waals surface area contributed by atoms with Crippen LogP contribution in [0.25, 0.3) is 0 Å². The quantitative estimate of drug-likeness (QED) is 0.605. The number of rotatable bonds is 6. The summed E-state index contributed by atoms with van der Waals surface area (Å²) in [6.07, 6.45) is -0.569. The Labute approximate surface area is 90.6 Å². The van der Waals surface area contributed by atoms with Crippen LogP contribution in [0.1, 0.15) is 6.92 Å². The van der Waals surface area contributed by atoms with E-state index in [0.29, 0.717) is 32.9 Å². The van der Waals surface area contributed by atoms with Crippen LogP contribution in [0.4, 0.5) is 0 Å². The van der Waals surface area contributed by atoms with Gasteiger partial charge in [-0.05, 0) is 6.92 Å². The Morgan fingerprint density at radius 2 is 2.40 bits per heavy atom. The number of β-amino-alcohol motifs (C(OH)–C–C–N with tert-alkyl or cyclic N) is 1. The van der Waals surface area contributed by atoms with Crippen LogP contribution in [0.2, 0.25) is 0 Å². The standard InChI is InChI=1S/C10H21NO4/c1-2-14-8-9(13)5-11-3-4-15-10(6-11)7-12/h9-10,12-13H,2-8H2,1H3. The number of morpholine rings is 1. The molecular weight excluding hydrogens is 198 g/mol. The fourth-order valence-corrected chi connectivity index (χ4v) is 1.66. The lowest BCUT2D eigenvalue weighted by Gasteiger charge is -2.33. The fourth-order valence-electron chi connectivity index (χ4n) is 1.66. The second kappa shape index (κ2) is 7.14. The van der Waals surface area contributed by atoms with Gasteiger partial charge in [-0.25, -0.2) is 0 Å². The molecule has 1 rings (SSSR count). The van der Waals surface area contributed by atoms with E-state index >= 15 is 0 Å². The summed E-state index contributed by atoms with van der Waals surface area (Å²) in [5.41, 5.74) is 0. The first-order valence-electron chi connectivity index (χ1n) is 5.46. The topological polar surface area (TPSA) is 62.2 Å². The third kappa shape index (κ3) is 4.90. The van der Waals surface area contributed by atoms with Gasteiger partial charge in [-0.15, -0.1) is 0 Å². The van der Waals surface area contributed by atoms with E-state index in [1.807, 2.05) is 6.92 Å². The molecule has 0 aromatic carbocycles. The highest BCUT2D eigenvalue weighted by Crippen LogP contribution is 2.05. The molecule has 1 aliphatic rings. The van der Waals surface area contributed by atoms with Crippen molar-refractivity contribution in [2.45, 2.75) is 19.1 Å². The van der Waals surface area contributed by atoms with E-state index in [-0.39, 0.29) is 12.7 Å². The minimum Gasteiger partial charge on any atom is -0.394 e. The third-order valence-corrected chi connectivity index (χ3v) is 2.41. The van der Waals surface area contributed by atoms with Crippen molar-refractivity contribution in [1.29, 1.82) is 0 Å². The molecule has 0 saturated carbocycles. The molecule has 5 nitrogen and oxygen atoms in total. The van der Waals surface area contributed by atoms with Gasteiger partial charge in [0, 0.05) is 26.2 Å². The van der Waals surface area contributed by atoms with Gasteiger partial charge in [0.25, 0.3) is 0 Å². The van der Waals surface area contributed by atoms with Gasteiger partial charge in [0.2, 0.25) is 0 Å². The zero-order valence-corrected chi connectivity index (χ0v) is 9.26. The molecule has 0 radical (unpaired) electrons. The molecule has 1 saturated heterocycles. The van der Waals surface area contributed by atoms with Crippen molar-refractivity contribution in [3.05, 3.63) is 0 Å². The van der Waals surface area contributed by atoms with Crippen LogP contribution in [0.5, 0.6) is 0 Å². The van der Waals surface area contributed by atoms with Gasteiger partial charge in [-0.2, -0.15) is 0 Å². The molecule has 0 spiro atoms. The van der Waals surface area contributed by atoms with Gasteiger partial charge < -0.3 is 19.7 Å². The second-order valence-electron chi connectivity index (χ2n) is 3.75. The van der Waals surface area contributed by atoms with E-state index in [0.717, 1.165) is 6.54 Å². The molecule has 0 aromatic rings. The van der Waals surface area contributed by atoms with Crippen molar-refractivity contribution in [1.82, 2.24) is 4.90 Å². The first-order chi connectivity index (χ1) is 7.26. The molecule has 0 bridgehead atoms. The number of hydrogen-bond acceptors (Lipinski definition) is 5. The van der Waals surface area contributed by atoms with Crippen molar-refractivity contribution in [2.75, 3.05) is 46.1 Å². The van der Waals surface area contributed by atoms with Crippen LogP contribution in [0, 0.1) is 0 Å². The molecule has 2 unspecified atom stereocenters. The lowest BCUT2D eigenvalue weighted by Crippen LogP contribution is -2.47. The third-order valence-electron chi connectivity index (χ3n) is 2.41. The van der Waals surface area contributed by atoms with E-state index in [4.69, 9.17) is 14.6 Å². The highest BCUT2D eigenvalue weighted by molar-refractivity contribution is 4.73. The maximum absolute atomic E-state index is 9.62. The Kier molecular flexibility index (Phi) is 6.12. The van der Waals surface area contributed by atoms with E-state index in [9.17, 15) is 5.11 Å². The Hall–Kier alpha value is -0.200. The van der Waals surface area contributed by atoms with Gasteiger partial charge >= 0.3 is 0 Å². The average molecular weight is 219 g/mol. The minimum atomic E-state index is -0.456. The van der Waals surface area contributed by atoms with Gasteiger partial charge in [-0.1, -0.05) is 0 Å². The zero-order chi connectivity index (χ0) is 11.1. The molecular formula is C10H21NO4. The summed E-state index contributed by atoms with van der Waals surface area (Å²) in [5.74, 6) is 0. The summed E-state index contributed by atoms with van der Waals surface area (Å²) >= 11 is 0. The number of hydrogen-bond donors (Lipinski definition) is 2. The van der Waals surface area contributed by atoms with Crippen molar-refractivity contribution < 1.29 is 19.7 Å². The molecule has 15 heavy (non-hydrogen) atoms. The Bertz CT molecular complexity index is 168. The number of nitrogens with zero attached hydrogens (tertiary/aromatic N) is 1. The molecule has 1 fully saturated rings. The second-order valence-corrected chi connectivity index (χ2v) is 3.75. The molecule has 2 atom stereocenters. The molecule has 0 amide bonds. The molecule has 0 aromatic heterocycles. The summed E-state index contributed by atoms with van der Waals surface area (Å²) < 4.78 is 10.4. The lowest BCUT2D eigenvalue weighted by atomic mass is 10.2. The molecule has 90 valence electrons. The smallest absolute Gasteiger partial charge is 0.0932 e. The lowest BCUT2D eigenvalue weighted by molar-refractivity contribution is -0.0678. The molecule has 1 heterocycles. The maximum atomic E-state index is 9.62. The minimum absolute atomic E-state index is 0.0397. The van der Waals surface area contributed by atoms with E-state index in [1.54, 1.807) is 0 Å². The number of ether oxygens (including phenoxy) is 2. The number of aliphatic hydroxyl groups excluding tert-OH is 2. The zero-order valence-electron chi connectivity index (χ0n) is 9.26. The van der Waals surface area contributed by atoms with E-state index in [2.05, 4.69) is 4.90 Å². The highest BCUT2D eigenvalue weighted by Gasteiger charge is 2.21. The van der Waals surface area contributed by atoms with Gasteiger partial charge in [-0.3, -0.25) is 4.90 Å². The predicted molar refractivity (Wildman–Crippen MR) is 55.8 cm³/mol. The normalized spacial score (nSPS) is 25.4. The van der Waals surface area contributed by atoms with Crippen LogP contribution < -0.4 is 0 Å². The first-order valence-corrected chi connectivity index (χ1v) is 5.46. The van der Waals surface area contributed by atoms with Crippen molar-refractivity contribution in [3.8, 4) is 0 Å². The maximum Gasteiger partial charge on any atom is 0.0932 e. The van der Waals surface area contributed by atoms with Crippen LogP contribution in [0.3, 0.4) is 0 Å². The summed E-state index contributed by atoms with van der Waals surface area (Å²) in [6.45, 7) is 5.63. The predicted octanol–water partition coefficient (Wildman–Crippen LogP) is -0.923. The largest absolute Gasteiger partial charge is 0.394 e. The Morgan fingerprint density at radius 3 is 3.07 bits per heavy atom. The van der Waals surface area contributed by atoms with Gasteiger partial charge in [0.05, 0.1) is 32.0 Å². The van der Waals surface area contributed by atoms with Crippen LogP contribution in [-0.4, -0.2) is 73.4 Å². The fraction of sp³-hybridized carbons (Fsp3) is 1.00. The monoisotopic (exact) mass is 219 g/mol. The van der Waals surface area contributed by atoms with Gasteiger partial charge in [0.15, 0.2) is 0 Å². The van der Waals surface area contributed by atoms with Crippen LogP contribution >= 0.6 is 0 Å². The molecule has 1 aliphatic heterocycles. The van der Waals surface area contributed by atoms with Crippen molar-refractivity contribution in [2.24, 2.45) is 0 Å². The summed E-state index contributed by atoms with van der Waals surface area (Å²) in [5, 5.41) is 18.6. The Morgan fingerprint density at radius 1 is 1.60 bits per heavy atom. The average Bonchev–Trinajstić information content (AvgIpc) is 2.26. The Balaban J connectivity index is 2.19. The molecule has 0 aliphatic carbocycles. The first kappa shape index (κ1) is 12.9. The summed E-state index contributed by atoms with van der Waals surface area (Å²) in [4.78, 5) is 2.09. The van der Waals surface area contributed by atoms with Crippen molar-refractivity contribution >= 4 is 0 Å². The van der Waals surface area contributed by atoms with Crippen molar-refractivity contribution in [3.63, 3.8) is 0 Å². The molecule has 5 heteroatoms. The van der Waals surface area contributed by atoms with E-state index in [1.165, 1.54) is 0 Å².